The van der Waals surface area contributed by atoms with Crippen LogP contribution in [-0.4, -0.2) is 19.3 Å². The summed E-state index contributed by atoms with van der Waals surface area (Å²) in [7, 11) is 2.00. The first kappa shape index (κ1) is 12.6. The van der Waals surface area contributed by atoms with Crippen LogP contribution >= 0.6 is 11.8 Å². The minimum absolute atomic E-state index is 0.633. The zero-order chi connectivity index (χ0) is 11.1. The van der Waals surface area contributed by atoms with E-state index in [0.29, 0.717) is 5.92 Å². The molecule has 0 aliphatic heterocycles. The van der Waals surface area contributed by atoms with Crippen LogP contribution in [0.1, 0.15) is 31.7 Å². The Bertz CT molecular complexity index is 266. The van der Waals surface area contributed by atoms with Crippen molar-refractivity contribution >= 4 is 11.8 Å². The van der Waals surface area contributed by atoms with Crippen molar-refractivity contribution in [3.8, 4) is 0 Å². The molecule has 0 atom stereocenters. The van der Waals surface area contributed by atoms with E-state index in [-0.39, 0.29) is 0 Å². The fraction of sp³-hybridized carbons (Fsp3) is 0.538. The maximum Gasteiger partial charge on any atom is 0.00721 e. The van der Waals surface area contributed by atoms with Gasteiger partial charge in [0.25, 0.3) is 0 Å². The Hall–Kier alpha value is -0.470. The van der Waals surface area contributed by atoms with E-state index < -0.39 is 0 Å². The molecule has 1 nitrogen and oxygen atoms in total. The van der Waals surface area contributed by atoms with E-state index in [9.17, 15) is 0 Å². The normalized spacial score (nSPS) is 10.9. The zero-order valence-electron chi connectivity index (χ0n) is 9.92. The topological polar surface area (TPSA) is 12.0 Å². The van der Waals surface area contributed by atoms with Crippen molar-refractivity contribution in [1.82, 2.24) is 5.32 Å². The van der Waals surface area contributed by atoms with Gasteiger partial charge in [-0.25, -0.2) is 0 Å². The van der Waals surface area contributed by atoms with Gasteiger partial charge in [0.05, 0.1) is 0 Å². The zero-order valence-corrected chi connectivity index (χ0v) is 10.7. The molecule has 0 spiro atoms. The van der Waals surface area contributed by atoms with Crippen LogP contribution in [0.5, 0.6) is 0 Å². The van der Waals surface area contributed by atoms with Gasteiger partial charge in [0.2, 0.25) is 0 Å². The van der Waals surface area contributed by atoms with Crippen molar-refractivity contribution in [2.24, 2.45) is 0 Å². The average Bonchev–Trinajstić information content (AvgIpc) is 2.25. The maximum atomic E-state index is 3.16. The largest absolute Gasteiger partial charge is 0.320 e. The second kappa shape index (κ2) is 6.91. The predicted octanol–water partition coefficient (Wildman–Crippen LogP) is 3.51. The fourth-order valence-corrected chi connectivity index (χ4v) is 2.24. The van der Waals surface area contributed by atoms with E-state index in [0.717, 1.165) is 6.54 Å². The Balaban J connectivity index is 2.36. The molecule has 1 aromatic rings. The molecule has 84 valence electrons. The van der Waals surface area contributed by atoms with Gasteiger partial charge < -0.3 is 5.32 Å². The standard InChI is InChI=1S/C13H21NS/c1-11(2)12-5-7-13(8-6-12)15-10-4-9-14-3/h5-8,11,14H,4,9-10H2,1-3H3. The van der Waals surface area contributed by atoms with Gasteiger partial charge in [-0.15, -0.1) is 11.8 Å². The van der Waals surface area contributed by atoms with Gasteiger partial charge in [-0.2, -0.15) is 0 Å². The molecular weight excluding hydrogens is 202 g/mol. The molecule has 0 fully saturated rings. The van der Waals surface area contributed by atoms with Crippen LogP contribution < -0.4 is 5.32 Å². The van der Waals surface area contributed by atoms with Gasteiger partial charge in [0.1, 0.15) is 0 Å². The van der Waals surface area contributed by atoms with Crippen molar-refractivity contribution in [2.45, 2.75) is 31.1 Å². The van der Waals surface area contributed by atoms with E-state index in [1.54, 1.807) is 0 Å². The molecule has 1 aromatic carbocycles. The number of hydrogen-bond acceptors (Lipinski definition) is 2. The Morgan fingerprint density at radius 3 is 2.40 bits per heavy atom. The van der Waals surface area contributed by atoms with E-state index >= 15 is 0 Å². The lowest BCUT2D eigenvalue weighted by atomic mass is 10.0. The molecule has 1 rings (SSSR count). The van der Waals surface area contributed by atoms with Crippen LogP contribution in [0.25, 0.3) is 0 Å². The Morgan fingerprint density at radius 2 is 1.87 bits per heavy atom. The van der Waals surface area contributed by atoms with E-state index in [2.05, 4.69) is 43.4 Å². The summed E-state index contributed by atoms with van der Waals surface area (Å²) in [5, 5.41) is 3.16. The van der Waals surface area contributed by atoms with Crippen LogP contribution in [0.15, 0.2) is 29.2 Å². The summed E-state index contributed by atoms with van der Waals surface area (Å²) in [6, 6.07) is 8.95. The van der Waals surface area contributed by atoms with E-state index in [1.807, 2.05) is 18.8 Å². The molecule has 0 heterocycles. The molecule has 0 saturated carbocycles. The van der Waals surface area contributed by atoms with Crippen LogP contribution in [0.4, 0.5) is 0 Å². The Labute approximate surface area is 97.7 Å². The van der Waals surface area contributed by atoms with E-state index in [1.165, 1.54) is 22.6 Å². The van der Waals surface area contributed by atoms with Crippen molar-refractivity contribution in [1.29, 1.82) is 0 Å². The lowest BCUT2D eigenvalue weighted by Gasteiger charge is -2.06. The molecule has 0 amide bonds. The smallest absolute Gasteiger partial charge is 0.00721 e. The molecule has 2 heteroatoms. The molecule has 0 saturated heterocycles. The number of thioether (sulfide) groups is 1. The van der Waals surface area contributed by atoms with Gasteiger partial charge in [0, 0.05) is 4.90 Å². The lowest BCUT2D eigenvalue weighted by molar-refractivity contribution is 0.778. The summed E-state index contributed by atoms with van der Waals surface area (Å²) in [6.45, 7) is 5.57. The molecule has 0 radical (unpaired) electrons. The summed E-state index contributed by atoms with van der Waals surface area (Å²) in [5.74, 6) is 1.83. The predicted molar refractivity (Wildman–Crippen MR) is 69.8 cm³/mol. The quantitative estimate of drug-likeness (QED) is 0.585. The molecule has 0 bridgehead atoms. The average molecular weight is 223 g/mol. The van der Waals surface area contributed by atoms with Gasteiger partial charge in [-0.3, -0.25) is 0 Å². The van der Waals surface area contributed by atoms with Gasteiger partial charge in [-0.1, -0.05) is 26.0 Å². The van der Waals surface area contributed by atoms with Crippen molar-refractivity contribution in [3.05, 3.63) is 29.8 Å². The maximum absolute atomic E-state index is 3.16. The highest BCUT2D eigenvalue weighted by molar-refractivity contribution is 7.99. The number of rotatable bonds is 6. The van der Waals surface area contributed by atoms with Gasteiger partial charge in [0.15, 0.2) is 0 Å². The summed E-state index contributed by atoms with van der Waals surface area (Å²) in [6.07, 6.45) is 1.23. The van der Waals surface area contributed by atoms with Crippen LogP contribution in [0.2, 0.25) is 0 Å². The third-order valence-corrected chi connectivity index (χ3v) is 3.48. The van der Waals surface area contributed by atoms with Crippen LogP contribution in [0, 0.1) is 0 Å². The minimum Gasteiger partial charge on any atom is -0.320 e. The summed E-state index contributed by atoms with van der Waals surface area (Å²) in [4.78, 5) is 1.38. The van der Waals surface area contributed by atoms with Gasteiger partial charge in [-0.05, 0) is 49.4 Å². The second-order valence-corrected chi connectivity index (χ2v) is 5.20. The van der Waals surface area contributed by atoms with Crippen LogP contribution in [-0.2, 0) is 0 Å². The van der Waals surface area contributed by atoms with Crippen molar-refractivity contribution in [2.75, 3.05) is 19.3 Å². The molecular formula is C13H21NS. The highest BCUT2D eigenvalue weighted by atomic mass is 32.2. The number of benzene rings is 1. The molecule has 0 aliphatic carbocycles. The third-order valence-electron chi connectivity index (χ3n) is 2.39. The summed E-state index contributed by atoms with van der Waals surface area (Å²) in [5.41, 5.74) is 1.43. The SMILES string of the molecule is CNCCCSc1ccc(C(C)C)cc1. The molecule has 0 aromatic heterocycles. The molecule has 15 heavy (non-hydrogen) atoms. The highest BCUT2D eigenvalue weighted by Gasteiger charge is 1.98. The molecule has 0 unspecified atom stereocenters. The van der Waals surface area contributed by atoms with Gasteiger partial charge >= 0.3 is 0 Å². The van der Waals surface area contributed by atoms with Crippen LogP contribution in [0.3, 0.4) is 0 Å². The van der Waals surface area contributed by atoms with Crippen molar-refractivity contribution in [3.63, 3.8) is 0 Å². The Kier molecular flexibility index (Phi) is 5.81. The third kappa shape index (κ3) is 4.72. The first-order valence-electron chi connectivity index (χ1n) is 5.61. The highest BCUT2D eigenvalue weighted by Crippen LogP contribution is 2.21. The monoisotopic (exact) mass is 223 g/mol. The number of hydrogen-bond donors (Lipinski definition) is 1. The molecule has 1 N–H and O–H groups in total. The second-order valence-electron chi connectivity index (χ2n) is 4.03. The summed E-state index contributed by atoms with van der Waals surface area (Å²) >= 11 is 1.94. The fourth-order valence-electron chi connectivity index (χ4n) is 1.39. The van der Waals surface area contributed by atoms with E-state index in [4.69, 9.17) is 0 Å². The lowest BCUT2D eigenvalue weighted by Crippen LogP contribution is -2.07. The number of nitrogens with one attached hydrogen (secondary N) is 1. The first-order valence-corrected chi connectivity index (χ1v) is 6.60. The molecule has 0 aliphatic rings. The first-order chi connectivity index (χ1) is 7.24. The Morgan fingerprint density at radius 1 is 1.20 bits per heavy atom. The van der Waals surface area contributed by atoms with Crippen molar-refractivity contribution < 1.29 is 0 Å². The minimum atomic E-state index is 0.633. The summed E-state index contributed by atoms with van der Waals surface area (Å²) < 4.78 is 0.